The number of hydrogen-bond donors (Lipinski definition) is 0. The van der Waals surface area contributed by atoms with Gasteiger partial charge in [-0.1, -0.05) is 0 Å². The number of carbonyl (C=O) groups is 3. The number of Topliss-reactive ketones (excluding diaryl/α,β-unsaturated/α-hetero) is 1. The Hall–Kier alpha value is -0.690. The van der Waals surface area contributed by atoms with Gasteiger partial charge in [0, 0.05) is 17.4 Å². The summed E-state index contributed by atoms with van der Waals surface area (Å²) in [6.07, 6.45) is 1.77. The predicted molar refractivity (Wildman–Crippen MR) is 84.5 cm³/mol. The van der Waals surface area contributed by atoms with Gasteiger partial charge in [0.15, 0.2) is 0 Å². The number of rotatable bonds is 2. The van der Waals surface area contributed by atoms with Crippen LogP contribution in [0.15, 0.2) is 0 Å². The van der Waals surface area contributed by atoms with E-state index in [0.29, 0.717) is 12.8 Å². The first kappa shape index (κ1) is 16.2. The summed E-state index contributed by atoms with van der Waals surface area (Å²) < 4.78 is 9.57. The van der Waals surface area contributed by atoms with Gasteiger partial charge in [0.1, 0.15) is 11.7 Å². The zero-order valence-electron chi connectivity index (χ0n) is 12.7. The summed E-state index contributed by atoms with van der Waals surface area (Å²) in [6.45, 7) is 0. The summed E-state index contributed by atoms with van der Waals surface area (Å²) >= 11 is 3.61. The maximum absolute atomic E-state index is 12.5. The van der Waals surface area contributed by atoms with Crippen LogP contribution >= 0.6 is 23.5 Å². The zero-order chi connectivity index (χ0) is 15.9. The van der Waals surface area contributed by atoms with Crippen molar-refractivity contribution >= 4 is 41.2 Å². The van der Waals surface area contributed by atoms with Crippen LogP contribution in [0.3, 0.4) is 0 Å². The van der Waals surface area contributed by atoms with Crippen molar-refractivity contribution in [1.82, 2.24) is 0 Å². The molecule has 22 heavy (non-hydrogen) atoms. The average Bonchev–Trinajstić information content (AvgIpc) is 3.02. The Balaban J connectivity index is 1.93. The summed E-state index contributed by atoms with van der Waals surface area (Å²) in [5, 5.41) is 0. The molecule has 1 saturated heterocycles. The molecule has 2 bridgehead atoms. The van der Waals surface area contributed by atoms with Crippen LogP contribution in [-0.2, 0) is 23.9 Å². The van der Waals surface area contributed by atoms with Gasteiger partial charge in [0.05, 0.1) is 24.2 Å². The summed E-state index contributed by atoms with van der Waals surface area (Å²) in [6, 6.07) is 0. The third-order valence-electron chi connectivity index (χ3n) is 5.12. The van der Waals surface area contributed by atoms with E-state index in [1.165, 1.54) is 14.2 Å². The first-order valence-corrected chi connectivity index (χ1v) is 9.48. The Labute approximate surface area is 138 Å². The summed E-state index contributed by atoms with van der Waals surface area (Å²) in [7, 11) is 2.73. The van der Waals surface area contributed by atoms with Crippen LogP contribution in [0.25, 0.3) is 0 Å². The van der Waals surface area contributed by atoms with Crippen molar-refractivity contribution in [1.29, 1.82) is 0 Å². The molecule has 3 fully saturated rings. The fourth-order valence-electron chi connectivity index (χ4n) is 4.15. The van der Waals surface area contributed by atoms with Crippen LogP contribution in [0.4, 0.5) is 0 Å². The third-order valence-corrected chi connectivity index (χ3v) is 9.04. The summed E-state index contributed by atoms with van der Waals surface area (Å²) in [5.74, 6) is 0.313. The number of thioether (sulfide) groups is 2. The number of ether oxygens (including phenoxy) is 2. The molecule has 0 amide bonds. The standard InChI is InChI=1S/C15H20O5S2/c1-19-13(17)10-7-9-5-8(12(10)16)6-11(14(18)20-2)15(9)21-3-4-22-15/h8-11H,3-7H2,1-2H3/t8-,9+,10+,11-/m1/s1. The predicted octanol–water partition coefficient (Wildman–Crippen LogP) is 1.74. The first-order chi connectivity index (χ1) is 10.5. The molecule has 0 aromatic rings. The average molecular weight is 344 g/mol. The van der Waals surface area contributed by atoms with Crippen LogP contribution in [0.2, 0.25) is 0 Å². The van der Waals surface area contributed by atoms with Crippen LogP contribution < -0.4 is 0 Å². The number of methoxy groups -OCH3 is 2. The Bertz CT molecular complexity index is 500. The molecule has 3 rings (SSSR count). The van der Waals surface area contributed by atoms with Gasteiger partial charge in [0.25, 0.3) is 0 Å². The molecule has 5 nitrogen and oxygen atoms in total. The summed E-state index contributed by atoms with van der Waals surface area (Å²) in [4.78, 5) is 36.8. The lowest BCUT2D eigenvalue weighted by molar-refractivity contribution is -0.157. The molecule has 4 atom stereocenters. The fourth-order valence-corrected chi connectivity index (χ4v) is 7.94. The van der Waals surface area contributed by atoms with Crippen LogP contribution in [0, 0.1) is 23.7 Å². The molecule has 122 valence electrons. The molecular formula is C15H20O5S2. The smallest absolute Gasteiger partial charge is 0.316 e. The Morgan fingerprint density at radius 2 is 1.68 bits per heavy atom. The Morgan fingerprint density at radius 3 is 2.27 bits per heavy atom. The number of carbonyl (C=O) groups excluding carboxylic acids is 3. The minimum Gasteiger partial charge on any atom is -0.469 e. The highest BCUT2D eigenvalue weighted by atomic mass is 32.2. The van der Waals surface area contributed by atoms with Crippen molar-refractivity contribution < 1.29 is 23.9 Å². The molecule has 3 aliphatic rings. The van der Waals surface area contributed by atoms with Gasteiger partial charge >= 0.3 is 11.9 Å². The van der Waals surface area contributed by atoms with Gasteiger partial charge in [0.2, 0.25) is 0 Å². The lowest BCUT2D eigenvalue weighted by atomic mass is 9.63. The Morgan fingerprint density at radius 1 is 1.05 bits per heavy atom. The molecule has 1 spiro atoms. The monoisotopic (exact) mass is 344 g/mol. The molecule has 1 heterocycles. The van der Waals surface area contributed by atoms with Crippen molar-refractivity contribution in [2.75, 3.05) is 25.7 Å². The molecule has 2 saturated carbocycles. The highest BCUT2D eigenvalue weighted by Gasteiger charge is 2.60. The number of hydrogen-bond acceptors (Lipinski definition) is 7. The van der Waals surface area contributed by atoms with Crippen molar-refractivity contribution in [2.45, 2.75) is 23.3 Å². The van der Waals surface area contributed by atoms with E-state index in [2.05, 4.69) is 0 Å². The van der Waals surface area contributed by atoms with Crippen molar-refractivity contribution in [3.8, 4) is 0 Å². The quantitative estimate of drug-likeness (QED) is 0.558. The molecule has 0 unspecified atom stereocenters. The maximum Gasteiger partial charge on any atom is 0.316 e. The van der Waals surface area contributed by atoms with Crippen LogP contribution in [-0.4, -0.2) is 47.5 Å². The van der Waals surface area contributed by atoms with Gasteiger partial charge in [-0.2, -0.15) is 0 Å². The number of fused-ring (bicyclic) bond motifs is 3. The van der Waals surface area contributed by atoms with Crippen molar-refractivity contribution in [3.63, 3.8) is 0 Å². The maximum atomic E-state index is 12.5. The lowest BCUT2D eigenvalue weighted by Crippen LogP contribution is -2.54. The molecule has 7 heteroatoms. The second-order valence-electron chi connectivity index (χ2n) is 6.07. The normalized spacial score (nSPS) is 36.2. The SMILES string of the molecule is COC(=O)[C@H]1C[C@@H]2C[C@H](C[C@H](C(=O)OC)C23SCCS3)C1=O. The second-order valence-corrected chi connectivity index (χ2v) is 9.08. The Kier molecular flexibility index (Phi) is 4.47. The van der Waals surface area contributed by atoms with E-state index in [1.807, 2.05) is 23.5 Å². The van der Waals surface area contributed by atoms with E-state index in [1.54, 1.807) is 0 Å². The zero-order valence-corrected chi connectivity index (χ0v) is 14.3. The van der Waals surface area contributed by atoms with Gasteiger partial charge in [-0.15, -0.1) is 23.5 Å². The van der Waals surface area contributed by atoms with E-state index in [-0.39, 0.29) is 33.6 Å². The molecule has 0 aromatic carbocycles. The van der Waals surface area contributed by atoms with E-state index in [0.717, 1.165) is 17.9 Å². The van der Waals surface area contributed by atoms with Gasteiger partial charge < -0.3 is 9.47 Å². The second kappa shape index (κ2) is 6.07. The minimum absolute atomic E-state index is 0.0557. The molecule has 0 radical (unpaired) electrons. The highest BCUT2D eigenvalue weighted by Crippen LogP contribution is 2.63. The third kappa shape index (κ3) is 2.37. The van der Waals surface area contributed by atoms with Gasteiger partial charge in [-0.25, -0.2) is 0 Å². The molecule has 2 aliphatic carbocycles. The molecular weight excluding hydrogens is 324 g/mol. The number of esters is 2. The van der Waals surface area contributed by atoms with Gasteiger partial charge in [-0.05, 0) is 25.2 Å². The molecule has 1 aliphatic heterocycles. The van der Waals surface area contributed by atoms with Crippen LogP contribution in [0.1, 0.15) is 19.3 Å². The van der Waals surface area contributed by atoms with Crippen LogP contribution in [0.5, 0.6) is 0 Å². The van der Waals surface area contributed by atoms with E-state index >= 15 is 0 Å². The number of ketones is 1. The van der Waals surface area contributed by atoms with Crippen molar-refractivity contribution in [2.24, 2.45) is 23.7 Å². The molecule has 0 aromatic heterocycles. The fraction of sp³-hybridized carbons (Fsp3) is 0.800. The van der Waals surface area contributed by atoms with Crippen molar-refractivity contribution in [3.05, 3.63) is 0 Å². The highest BCUT2D eigenvalue weighted by molar-refractivity contribution is 8.21. The van der Waals surface area contributed by atoms with E-state index in [9.17, 15) is 14.4 Å². The summed E-state index contributed by atoms with van der Waals surface area (Å²) in [5.41, 5.74) is 0. The van der Waals surface area contributed by atoms with E-state index in [4.69, 9.17) is 9.47 Å². The van der Waals surface area contributed by atoms with Gasteiger partial charge in [-0.3, -0.25) is 14.4 Å². The first-order valence-electron chi connectivity index (χ1n) is 7.50. The molecule has 0 N–H and O–H groups in total. The minimum atomic E-state index is -0.661. The van der Waals surface area contributed by atoms with E-state index < -0.39 is 11.9 Å². The lowest BCUT2D eigenvalue weighted by Gasteiger charge is -2.50. The topological polar surface area (TPSA) is 69.7 Å². The largest absolute Gasteiger partial charge is 0.469 e.